The number of hydrogen-bond donors (Lipinski definition) is 2. The number of ether oxygens (including phenoxy) is 3. The standard InChI is InChI=1S/C11H17N3O5/c1-17-5-6-9(18-2)8(15)10(19-6)14-4-3-7(12)13-11(14)16/h3-4,6,8-10,15H,5H2,1-2H3,(H2,12,13,16)/t6-,8+,9?,10-/m1/s1. The van der Waals surface area contributed by atoms with Crippen LogP contribution in [0.4, 0.5) is 5.82 Å². The molecule has 1 unspecified atom stereocenters. The smallest absolute Gasteiger partial charge is 0.351 e. The second-order valence-corrected chi connectivity index (χ2v) is 4.25. The van der Waals surface area contributed by atoms with Gasteiger partial charge in [-0.25, -0.2) is 4.79 Å². The predicted molar refractivity (Wildman–Crippen MR) is 65.5 cm³/mol. The van der Waals surface area contributed by atoms with Crippen molar-refractivity contribution in [2.45, 2.75) is 24.5 Å². The SMILES string of the molecule is COC[C@H]1O[C@@H](n2ccc(N)nc2=O)[C@@H](O)C1OC. The van der Waals surface area contributed by atoms with Crippen molar-refractivity contribution >= 4 is 5.82 Å². The van der Waals surface area contributed by atoms with Gasteiger partial charge in [0.25, 0.3) is 0 Å². The van der Waals surface area contributed by atoms with E-state index in [2.05, 4.69) is 4.98 Å². The largest absolute Gasteiger partial charge is 0.386 e. The summed E-state index contributed by atoms with van der Waals surface area (Å²) >= 11 is 0. The monoisotopic (exact) mass is 271 g/mol. The lowest BCUT2D eigenvalue weighted by atomic mass is 10.1. The molecular formula is C11H17N3O5. The van der Waals surface area contributed by atoms with Crippen molar-refractivity contribution in [2.75, 3.05) is 26.6 Å². The number of aliphatic hydroxyl groups excluding tert-OH is 1. The highest BCUT2D eigenvalue weighted by Crippen LogP contribution is 2.30. The van der Waals surface area contributed by atoms with Crippen LogP contribution in [0, 0.1) is 0 Å². The van der Waals surface area contributed by atoms with Gasteiger partial charge >= 0.3 is 5.69 Å². The van der Waals surface area contributed by atoms with E-state index in [1.807, 2.05) is 0 Å². The number of anilines is 1. The quantitative estimate of drug-likeness (QED) is 0.703. The maximum Gasteiger partial charge on any atom is 0.351 e. The molecule has 0 aliphatic carbocycles. The first-order chi connectivity index (χ1) is 9.08. The molecule has 19 heavy (non-hydrogen) atoms. The van der Waals surface area contributed by atoms with Crippen LogP contribution < -0.4 is 11.4 Å². The topological polar surface area (TPSA) is 109 Å². The molecule has 2 heterocycles. The van der Waals surface area contributed by atoms with E-state index in [0.29, 0.717) is 0 Å². The molecule has 1 aliphatic heterocycles. The second-order valence-electron chi connectivity index (χ2n) is 4.25. The summed E-state index contributed by atoms with van der Waals surface area (Å²) in [7, 11) is 2.99. The minimum atomic E-state index is -0.992. The van der Waals surface area contributed by atoms with E-state index in [0.717, 1.165) is 0 Å². The number of methoxy groups -OCH3 is 2. The van der Waals surface area contributed by atoms with Gasteiger partial charge in [-0.1, -0.05) is 0 Å². The molecule has 8 heteroatoms. The zero-order valence-corrected chi connectivity index (χ0v) is 10.7. The highest BCUT2D eigenvalue weighted by Gasteiger charge is 2.45. The summed E-state index contributed by atoms with van der Waals surface area (Å²) in [6.07, 6.45) is -1.46. The fraction of sp³-hybridized carbons (Fsp3) is 0.636. The summed E-state index contributed by atoms with van der Waals surface area (Å²) in [6.45, 7) is 0.253. The molecule has 2 rings (SSSR count). The van der Waals surface area contributed by atoms with Gasteiger partial charge in [-0.2, -0.15) is 4.98 Å². The van der Waals surface area contributed by atoms with Gasteiger partial charge in [-0.3, -0.25) is 4.57 Å². The summed E-state index contributed by atoms with van der Waals surface area (Å²) in [4.78, 5) is 15.3. The third-order valence-electron chi connectivity index (χ3n) is 3.04. The van der Waals surface area contributed by atoms with Crippen molar-refractivity contribution < 1.29 is 19.3 Å². The van der Waals surface area contributed by atoms with Crippen molar-refractivity contribution in [1.29, 1.82) is 0 Å². The van der Waals surface area contributed by atoms with Gasteiger partial charge in [0.1, 0.15) is 24.1 Å². The van der Waals surface area contributed by atoms with Crippen LogP contribution in [0.25, 0.3) is 0 Å². The predicted octanol–water partition coefficient (Wildman–Crippen LogP) is -1.25. The molecule has 8 nitrogen and oxygen atoms in total. The van der Waals surface area contributed by atoms with Crippen LogP contribution in [0.2, 0.25) is 0 Å². The highest BCUT2D eigenvalue weighted by atomic mass is 16.6. The van der Waals surface area contributed by atoms with Crippen molar-refractivity contribution in [1.82, 2.24) is 9.55 Å². The average Bonchev–Trinajstić information content (AvgIpc) is 2.66. The van der Waals surface area contributed by atoms with Gasteiger partial charge in [0.05, 0.1) is 6.61 Å². The molecule has 106 valence electrons. The molecule has 0 radical (unpaired) electrons. The van der Waals surface area contributed by atoms with Crippen molar-refractivity contribution in [3.05, 3.63) is 22.7 Å². The Hall–Kier alpha value is -1.48. The van der Waals surface area contributed by atoms with E-state index < -0.39 is 30.2 Å². The van der Waals surface area contributed by atoms with Crippen molar-refractivity contribution in [2.24, 2.45) is 0 Å². The first-order valence-corrected chi connectivity index (χ1v) is 5.78. The summed E-state index contributed by atoms with van der Waals surface area (Å²) in [5, 5.41) is 10.2. The molecular weight excluding hydrogens is 254 g/mol. The van der Waals surface area contributed by atoms with Crippen LogP contribution in [-0.4, -0.2) is 53.8 Å². The Kier molecular flexibility index (Phi) is 4.15. The summed E-state index contributed by atoms with van der Waals surface area (Å²) in [5.74, 6) is 0.116. The van der Waals surface area contributed by atoms with Gasteiger partial charge in [-0.15, -0.1) is 0 Å². The molecule has 4 atom stereocenters. The van der Waals surface area contributed by atoms with Gasteiger partial charge in [0.2, 0.25) is 0 Å². The second kappa shape index (κ2) is 5.66. The van der Waals surface area contributed by atoms with Crippen LogP contribution in [0.15, 0.2) is 17.1 Å². The maximum atomic E-state index is 11.7. The fourth-order valence-corrected chi connectivity index (χ4v) is 2.16. The van der Waals surface area contributed by atoms with E-state index in [9.17, 15) is 9.90 Å². The lowest BCUT2D eigenvalue weighted by Crippen LogP contribution is -2.37. The average molecular weight is 271 g/mol. The van der Waals surface area contributed by atoms with Gasteiger partial charge in [-0.05, 0) is 6.07 Å². The van der Waals surface area contributed by atoms with Crippen LogP contribution in [-0.2, 0) is 14.2 Å². The molecule has 0 bridgehead atoms. The Bertz CT molecular complexity index is 491. The Morgan fingerprint density at radius 1 is 1.58 bits per heavy atom. The Morgan fingerprint density at radius 3 is 2.89 bits per heavy atom. The first kappa shape index (κ1) is 13.9. The molecule has 0 spiro atoms. The van der Waals surface area contributed by atoms with Crippen LogP contribution in [0.1, 0.15) is 6.23 Å². The molecule has 0 saturated carbocycles. The van der Waals surface area contributed by atoms with E-state index in [-0.39, 0.29) is 12.4 Å². The molecule has 1 aliphatic rings. The molecule has 1 fully saturated rings. The Morgan fingerprint density at radius 2 is 2.32 bits per heavy atom. The molecule has 1 aromatic rings. The van der Waals surface area contributed by atoms with Crippen LogP contribution in [0.3, 0.4) is 0 Å². The molecule has 3 N–H and O–H groups in total. The van der Waals surface area contributed by atoms with Crippen molar-refractivity contribution in [3.8, 4) is 0 Å². The minimum absolute atomic E-state index is 0.116. The highest BCUT2D eigenvalue weighted by molar-refractivity contribution is 5.23. The lowest BCUT2D eigenvalue weighted by molar-refractivity contribution is -0.0640. The third-order valence-corrected chi connectivity index (χ3v) is 3.04. The first-order valence-electron chi connectivity index (χ1n) is 5.78. The Balaban J connectivity index is 2.28. The van der Waals surface area contributed by atoms with E-state index in [1.165, 1.54) is 31.0 Å². The maximum absolute atomic E-state index is 11.7. The number of hydrogen-bond acceptors (Lipinski definition) is 7. The number of nitrogens with zero attached hydrogens (tertiary/aromatic N) is 2. The molecule has 1 saturated heterocycles. The number of nitrogen functional groups attached to an aromatic ring is 1. The summed E-state index contributed by atoms with van der Waals surface area (Å²) < 4.78 is 17.0. The number of aromatic nitrogens is 2. The normalized spacial score (nSPS) is 30.7. The van der Waals surface area contributed by atoms with Crippen molar-refractivity contribution in [3.63, 3.8) is 0 Å². The fourth-order valence-electron chi connectivity index (χ4n) is 2.16. The van der Waals surface area contributed by atoms with E-state index >= 15 is 0 Å². The molecule has 1 aromatic heterocycles. The van der Waals surface area contributed by atoms with Gasteiger partial charge in [0, 0.05) is 20.4 Å². The van der Waals surface area contributed by atoms with Crippen LogP contribution in [0.5, 0.6) is 0 Å². The van der Waals surface area contributed by atoms with E-state index in [1.54, 1.807) is 0 Å². The zero-order chi connectivity index (χ0) is 14.0. The van der Waals surface area contributed by atoms with Gasteiger partial charge in [0.15, 0.2) is 6.23 Å². The van der Waals surface area contributed by atoms with Gasteiger partial charge < -0.3 is 25.1 Å². The zero-order valence-electron chi connectivity index (χ0n) is 10.7. The van der Waals surface area contributed by atoms with E-state index in [4.69, 9.17) is 19.9 Å². The Labute approximate surface area is 109 Å². The number of nitrogens with two attached hydrogens (primary N) is 1. The summed E-state index contributed by atoms with van der Waals surface area (Å²) in [6, 6.07) is 1.46. The number of aliphatic hydroxyl groups is 1. The minimum Gasteiger partial charge on any atom is -0.386 e. The van der Waals surface area contributed by atoms with Crippen LogP contribution >= 0.6 is 0 Å². The molecule has 0 amide bonds. The number of rotatable bonds is 4. The summed E-state index contributed by atoms with van der Waals surface area (Å²) in [5.41, 5.74) is 4.83. The lowest BCUT2D eigenvalue weighted by Gasteiger charge is -2.18. The molecule has 0 aromatic carbocycles. The third kappa shape index (κ3) is 2.61.